The van der Waals surface area contributed by atoms with Gasteiger partial charge in [-0.05, 0) is 36.8 Å². The van der Waals surface area contributed by atoms with Crippen LogP contribution in [0.4, 0.5) is 0 Å². The molecule has 138 valence electrons. The number of carbonyl (C=O) groups is 1. The van der Waals surface area contributed by atoms with Crippen molar-refractivity contribution in [2.45, 2.75) is 17.9 Å². The first-order valence-corrected chi connectivity index (χ1v) is 10.1. The number of hydrogen-bond donors (Lipinski definition) is 0. The third kappa shape index (κ3) is 2.79. The summed E-state index contributed by atoms with van der Waals surface area (Å²) in [6.07, 6.45) is 1.55. The topological polar surface area (TPSA) is 94.4 Å². The van der Waals surface area contributed by atoms with Crippen molar-refractivity contribution in [3.8, 4) is 6.07 Å². The number of fused-ring (bicyclic) bond motifs is 3. The van der Waals surface area contributed by atoms with Gasteiger partial charge >= 0.3 is 0 Å². The molecule has 1 amide bonds. The van der Waals surface area contributed by atoms with Crippen molar-refractivity contribution in [2.75, 3.05) is 19.6 Å². The Balaban J connectivity index is 1.73. The van der Waals surface area contributed by atoms with E-state index in [0.29, 0.717) is 5.56 Å². The summed E-state index contributed by atoms with van der Waals surface area (Å²) in [5.74, 6) is -0.125. The average molecular weight is 403 g/mol. The highest BCUT2D eigenvalue weighted by atomic mass is 35.5. The largest absolute Gasteiger partial charge is 0.329 e. The monoisotopic (exact) mass is 402 g/mol. The number of piperazine rings is 1. The van der Waals surface area contributed by atoms with E-state index in [-0.39, 0.29) is 47.1 Å². The lowest BCUT2D eigenvalue weighted by molar-refractivity contribution is 0.0628. The quantitative estimate of drug-likeness (QED) is 0.766. The Hall–Kier alpha value is -2.47. The second-order valence-electron chi connectivity index (χ2n) is 6.54. The zero-order chi connectivity index (χ0) is 19.3. The molecule has 7 nitrogen and oxygen atoms in total. The number of nitriles is 1. The van der Waals surface area contributed by atoms with E-state index >= 15 is 0 Å². The summed E-state index contributed by atoms with van der Waals surface area (Å²) in [5.41, 5.74) is 2.12. The van der Waals surface area contributed by atoms with E-state index in [1.165, 1.54) is 22.5 Å². The van der Waals surface area contributed by atoms with Crippen LogP contribution in [-0.4, -0.2) is 48.1 Å². The van der Waals surface area contributed by atoms with Crippen LogP contribution in [0.25, 0.3) is 0 Å². The van der Waals surface area contributed by atoms with E-state index in [2.05, 4.69) is 4.98 Å². The highest BCUT2D eigenvalue weighted by molar-refractivity contribution is 7.89. The van der Waals surface area contributed by atoms with Crippen molar-refractivity contribution < 1.29 is 13.2 Å². The molecule has 2 aliphatic heterocycles. The van der Waals surface area contributed by atoms with Gasteiger partial charge in [-0.1, -0.05) is 11.6 Å². The molecule has 1 aromatic carbocycles. The lowest BCUT2D eigenvalue weighted by atomic mass is 10.1. The fraction of sp³-hybridized carbons (Fsp3) is 0.278. The van der Waals surface area contributed by atoms with Gasteiger partial charge in [0, 0.05) is 36.5 Å². The molecule has 0 saturated carbocycles. The van der Waals surface area contributed by atoms with Gasteiger partial charge in [0.2, 0.25) is 10.0 Å². The molecule has 1 aromatic heterocycles. The lowest BCUT2D eigenvalue weighted by Gasteiger charge is -2.37. The number of amides is 1. The van der Waals surface area contributed by atoms with Gasteiger partial charge in [-0.2, -0.15) is 9.57 Å². The van der Waals surface area contributed by atoms with E-state index in [1.54, 1.807) is 11.1 Å². The molecule has 0 N–H and O–H groups in total. The molecular weight excluding hydrogens is 388 g/mol. The number of rotatable bonds is 2. The molecule has 2 aromatic rings. The zero-order valence-electron chi connectivity index (χ0n) is 14.4. The van der Waals surface area contributed by atoms with Crippen LogP contribution in [0, 0.1) is 18.3 Å². The first kappa shape index (κ1) is 17.9. The second-order valence-corrected chi connectivity index (χ2v) is 8.89. The number of halogens is 1. The first-order valence-electron chi connectivity index (χ1n) is 8.30. The Morgan fingerprint density at radius 3 is 2.81 bits per heavy atom. The second kappa shape index (κ2) is 6.30. The minimum absolute atomic E-state index is 0.0461. The van der Waals surface area contributed by atoms with E-state index in [4.69, 9.17) is 11.6 Å². The Morgan fingerprint density at radius 2 is 2.07 bits per heavy atom. The minimum atomic E-state index is -3.92. The molecule has 0 aliphatic carbocycles. The molecule has 0 spiro atoms. The Bertz CT molecular complexity index is 1110. The van der Waals surface area contributed by atoms with Crippen molar-refractivity contribution in [3.63, 3.8) is 0 Å². The van der Waals surface area contributed by atoms with Gasteiger partial charge in [0.25, 0.3) is 5.91 Å². The van der Waals surface area contributed by atoms with E-state index in [9.17, 15) is 18.5 Å². The number of pyridine rings is 1. The summed E-state index contributed by atoms with van der Waals surface area (Å²) < 4.78 is 27.7. The fourth-order valence-corrected chi connectivity index (χ4v) is 5.46. The summed E-state index contributed by atoms with van der Waals surface area (Å²) in [6, 6.07) is 7.55. The predicted molar refractivity (Wildman–Crippen MR) is 97.7 cm³/mol. The van der Waals surface area contributed by atoms with Gasteiger partial charge < -0.3 is 4.90 Å². The third-order valence-corrected chi connectivity index (χ3v) is 7.09. The van der Waals surface area contributed by atoms with Gasteiger partial charge in [0.05, 0.1) is 17.2 Å². The van der Waals surface area contributed by atoms with Crippen LogP contribution < -0.4 is 0 Å². The number of aromatic nitrogens is 1. The predicted octanol–water partition coefficient (Wildman–Crippen LogP) is 2.12. The molecule has 1 fully saturated rings. The minimum Gasteiger partial charge on any atom is -0.329 e. The molecule has 0 bridgehead atoms. The maximum absolute atomic E-state index is 13.2. The third-order valence-electron chi connectivity index (χ3n) is 4.95. The number of aryl methyl sites for hydroxylation is 1. The molecule has 0 radical (unpaired) electrons. The van der Waals surface area contributed by atoms with E-state index in [0.717, 1.165) is 11.3 Å². The van der Waals surface area contributed by atoms with Crippen LogP contribution in [0.1, 0.15) is 33.2 Å². The fourth-order valence-electron chi connectivity index (χ4n) is 3.62. The van der Waals surface area contributed by atoms with Crippen molar-refractivity contribution in [2.24, 2.45) is 0 Å². The molecule has 27 heavy (non-hydrogen) atoms. The standard InChI is InChI=1S/C18H15ClN4O3S/c1-11-6-14-15(9-21-11)18(24)23-5-4-22(10-16(14)23)27(25,26)17-7-13(19)3-2-12(17)8-20/h2-3,6-7,9,16H,4-5,10H2,1H3. The highest BCUT2D eigenvalue weighted by Crippen LogP contribution is 2.38. The van der Waals surface area contributed by atoms with Gasteiger partial charge in [-0.25, -0.2) is 8.42 Å². The summed E-state index contributed by atoms with van der Waals surface area (Å²) >= 11 is 5.96. The number of nitrogens with zero attached hydrogens (tertiary/aromatic N) is 4. The van der Waals surface area contributed by atoms with Crippen molar-refractivity contribution in [1.29, 1.82) is 5.26 Å². The number of benzene rings is 1. The molecule has 1 atom stereocenters. The SMILES string of the molecule is Cc1cc2c(cn1)C(=O)N1CCN(S(=O)(=O)c3cc(Cl)ccc3C#N)CC21. The van der Waals surface area contributed by atoms with Gasteiger partial charge in [0.15, 0.2) is 0 Å². The van der Waals surface area contributed by atoms with Crippen LogP contribution >= 0.6 is 11.6 Å². The lowest BCUT2D eigenvalue weighted by Crippen LogP contribution is -2.49. The maximum Gasteiger partial charge on any atom is 0.256 e. The van der Waals surface area contributed by atoms with Crippen LogP contribution in [0.5, 0.6) is 0 Å². The number of sulfonamides is 1. The van der Waals surface area contributed by atoms with Gasteiger partial charge in [0.1, 0.15) is 11.0 Å². The Kier molecular flexibility index (Phi) is 4.18. The maximum atomic E-state index is 13.2. The van der Waals surface area contributed by atoms with Crippen LogP contribution in [-0.2, 0) is 10.0 Å². The number of carbonyl (C=O) groups excluding carboxylic acids is 1. The summed E-state index contributed by atoms with van der Waals surface area (Å²) in [5, 5.41) is 9.53. The Morgan fingerprint density at radius 1 is 1.30 bits per heavy atom. The van der Waals surface area contributed by atoms with Crippen LogP contribution in [0.3, 0.4) is 0 Å². The van der Waals surface area contributed by atoms with Gasteiger partial charge in [-0.3, -0.25) is 9.78 Å². The molecule has 3 heterocycles. The summed E-state index contributed by atoms with van der Waals surface area (Å²) in [7, 11) is -3.92. The van der Waals surface area contributed by atoms with Crippen molar-refractivity contribution in [3.05, 3.63) is 57.9 Å². The van der Waals surface area contributed by atoms with Gasteiger partial charge in [-0.15, -0.1) is 0 Å². The summed E-state index contributed by atoms with van der Waals surface area (Å²) in [6.45, 7) is 2.39. The average Bonchev–Trinajstić information content (AvgIpc) is 2.93. The molecule has 1 unspecified atom stereocenters. The smallest absolute Gasteiger partial charge is 0.256 e. The Labute approximate surface area is 161 Å². The highest BCUT2D eigenvalue weighted by Gasteiger charge is 2.43. The molecule has 1 saturated heterocycles. The van der Waals surface area contributed by atoms with E-state index < -0.39 is 10.0 Å². The van der Waals surface area contributed by atoms with Crippen molar-refractivity contribution >= 4 is 27.5 Å². The molecule has 4 rings (SSSR count). The van der Waals surface area contributed by atoms with Crippen LogP contribution in [0.2, 0.25) is 5.02 Å². The molecule has 2 aliphatic rings. The first-order chi connectivity index (χ1) is 12.8. The van der Waals surface area contributed by atoms with E-state index in [1.807, 2.05) is 19.1 Å². The number of hydrogen-bond acceptors (Lipinski definition) is 5. The van der Waals surface area contributed by atoms with Crippen LogP contribution in [0.15, 0.2) is 35.4 Å². The summed E-state index contributed by atoms with van der Waals surface area (Å²) in [4.78, 5) is 18.3. The van der Waals surface area contributed by atoms with Crippen molar-refractivity contribution in [1.82, 2.24) is 14.2 Å². The normalized spacial score (nSPS) is 19.5. The molecular formula is C18H15ClN4O3S. The zero-order valence-corrected chi connectivity index (χ0v) is 16.0. The molecule has 9 heteroatoms.